The molecule has 0 spiro atoms. The molecule has 2 aromatic carbocycles. The van der Waals surface area contributed by atoms with Gasteiger partial charge in [0.05, 0.1) is 17.3 Å². The Morgan fingerprint density at radius 1 is 1.00 bits per heavy atom. The quantitative estimate of drug-likeness (QED) is 0.279. The summed E-state index contributed by atoms with van der Waals surface area (Å²) in [6.07, 6.45) is 0. The highest BCUT2D eigenvalue weighted by Gasteiger charge is 2.72. The van der Waals surface area contributed by atoms with E-state index in [9.17, 15) is 18.0 Å². The molecule has 0 saturated carbocycles. The summed E-state index contributed by atoms with van der Waals surface area (Å²) in [5.74, 6) is -1.94. The van der Waals surface area contributed by atoms with Gasteiger partial charge < -0.3 is 9.64 Å². The van der Waals surface area contributed by atoms with Crippen LogP contribution in [0.3, 0.4) is 0 Å². The Hall–Kier alpha value is -2.75. The number of benzene rings is 2. The second kappa shape index (κ2) is 8.65. The number of β-lactam (4-membered cyclic amide) rings is 1. The summed E-state index contributed by atoms with van der Waals surface area (Å²) in [4.78, 5) is 32.2. The zero-order chi connectivity index (χ0) is 22.9. The summed E-state index contributed by atoms with van der Waals surface area (Å²) in [7, 11) is -3.81. The van der Waals surface area contributed by atoms with Crippen LogP contribution in [0.4, 0.5) is 0 Å². The van der Waals surface area contributed by atoms with Gasteiger partial charge >= 0.3 is 5.97 Å². The van der Waals surface area contributed by atoms with Gasteiger partial charge in [-0.25, -0.2) is 18.7 Å². The number of nitrogens with one attached hydrogen (secondary N) is 1. The Bertz CT molecular complexity index is 1090. The zero-order valence-electron chi connectivity index (χ0n) is 17.9. The minimum Gasteiger partial charge on any atom is -0.459 e. The molecule has 0 bridgehead atoms. The number of ether oxygens (including phenoxy) is 1. The van der Waals surface area contributed by atoms with Crippen LogP contribution >= 0.6 is 0 Å². The van der Waals surface area contributed by atoms with Crippen LogP contribution in [0.15, 0.2) is 60.7 Å². The Morgan fingerprint density at radius 2 is 1.56 bits per heavy atom. The van der Waals surface area contributed by atoms with Gasteiger partial charge in [0.25, 0.3) is 0 Å². The first-order valence-electron chi connectivity index (χ1n) is 10.4. The third-order valence-corrected chi connectivity index (χ3v) is 8.99. The van der Waals surface area contributed by atoms with E-state index in [2.05, 4.69) is 5.48 Å². The number of rotatable bonds is 8. The summed E-state index contributed by atoms with van der Waals surface area (Å²) in [6.45, 7) is 3.27. The van der Waals surface area contributed by atoms with Gasteiger partial charge in [-0.15, -0.1) is 0 Å². The van der Waals surface area contributed by atoms with Crippen LogP contribution in [0.25, 0.3) is 0 Å². The van der Waals surface area contributed by atoms with Gasteiger partial charge in [-0.3, -0.25) is 9.63 Å². The zero-order valence-corrected chi connectivity index (χ0v) is 18.7. The van der Waals surface area contributed by atoms with E-state index in [1.165, 1.54) is 13.8 Å². The maximum atomic E-state index is 13.2. The van der Waals surface area contributed by atoms with Crippen LogP contribution in [0, 0.1) is 5.92 Å². The first-order valence-corrected chi connectivity index (χ1v) is 11.9. The van der Waals surface area contributed by atoms with Crippen molar-refractivity contribution in [2.24, 2.45) is 5.92 Å². The van der Waals surface area contributed by atoms with Crippen molar-refractivity contribution in [3.05, 3.63) is 71.8 Å². The number of fused-ring (bicyclic) bond motifs is 1. The number of hydrogen-bond donors (Lipinski definition) is 1. The van der Waals surface area contributed by atoms with Crippen molar-refractivity contribution in [3.8, 4) is 0 Å². The standard InChI is InChI=1S/C23H26N2O6S/c1-23(2)19(22(27)30-14-16-9-5-3-6-10-16)25-20(26)18(21(25)32(23,28)29)13-24-31-15-17-11-7-4-8-12-17/h3-12,18-19,21,24H,13-15H2,1-2H3/t18-,19+,21-/m1/s1. The Labute approximate surface area is 187 Å². The number of amides is 1. The summed E-state index contributed by atoms with van der Waals surface area (Å²) in [6, 6.07) is 17.4. The molecule has 3 atom stereocenters. The van der Waals surface area contributed by atoms with E-state index >= 15 is 0 Å². The van der Waals surface area contributed by atoms with Gasteiger partial charge in [0.1, 0.15) is 18.0 Å². The molecule has 2 heterocycles. The van der Waals surface area contributed by atoms with Crippen molar-refractivity contribution in [2.45, 2.75) is 43.2 Å². The first kappa shape index (κ1) is 22.4. The minimum absolute atomic E-state index is 0.0112. The van der Waals surface area contributed by atoms with Gasteiger partial charge in [-0.2, -0.15) is 0 Å². The van der Waals surface area contributed by atoms with E-state index in [-0.39, 0.29) is 19.8 Å². The number of esters is 1. The van der Waals surface area contributed by atoms with Crippen LogP contribution < -0.4 is 5.48 Å². The second-order valence-corrected chi connectivity index (χ2v) is 11.1. The molecule has 2 aliphatic rings. The number of sulfone groups is 1. The molecular formula is C23H26N2O6S. The molecule has 9 heteroatoms. The average molecular weight is 459 g/mol. The topological polar surface area (TPSA) is 102 Å². The smallest absolute Gasteiger partial charge is 0.330 e. The van der Waals surface area contributed by atoms with Gasteiger partial charge in [0.15, 0.2) is 9.84 Å². The van der Waals surface area contributed by atoms with Crippen molar-refractivity contribution >= 4 is 21.7 Å². The second-order valence-electron chi connectivity index (χ2n) is 8.51. The largest absolute Gasteiger partial charge is 0.459 e. The van der Waals surface area contributed by atoms with Crippen molar-refractivity contribution in [1.82, 2.24) is 10.4 Å². The fourth-order valence-electron chi connectivity index (χ4n) is 4.24. The van der Waals surface area contributed by atoms with Crippen molar-refractivity contribution in [3.63, 3.8) is 0 Å². The third-order valence-electron chi connectivity index (χ3n) is 6.11. The predicted molar refractivity (Wildman–Crippen MR) is 116 cm³/mol. The highest BCUT2D eigenvalue weighted by molar-refractivity contribution is 7.93. The predicted octanol–water partition coefficient (Wildman–Crippen LogP) is 1.81. The van der Waals surface area contributed by atoms with Gasteiger partial charge in [-0.05, 0) is 25.0 Å². The third kappa shape index (κ3) is 3.80. The maximum Gasteiger partial charge on any atom is 0.330 e. The summed E-state index contributed by atoms with van der Waals surface area (Å²) in [5.41, 5.74) is 4.43. The highest BCUT2D eigenvalue weighted by Crippen LogP contribution is 2.48. The molecule has 0 unspecified atom stereocenters. The molecule has 0 aromatic heterocycles. The van der Waals surface area contributed by atoms with Gasteiger partial charge in [0, 0.05) is 6.54 Å². The van der Waals surface area contributed by atoms with Crippen LogP contribution in [0.5, 0.6) is 0 Å². The molecular weight excluding hydrogens is 432 g/mol. The van der Waals surface area contributed by atoms with Gasteiger partial charge in [-0.1, -0.05) is 60.7 Å². The fraction of sp³-hybridized carbons (Fsp3) is 0.391. The van der Waals surface area contributed by atoms with Crippen molar-refractivity contribution < 1.29 is 27.6 Å². The Morgan fingerprint density at radius 3 is 2.16 bits per heavy atom. The minimum atomic E-state index is -3.81. The Balaban J connectivity index is 1.41. The number of hydroxylamine groups is 1. The molecule has 2 saturated heterocycles. The lowest BCUT2D eigenvalue weighted by Crippen LogP contribution is -2.65. The average Bonchev–Trinajstić information content (AvgIpc) is 2.93. The highest BCUT2D eigenvalue weighted by atomic mass is 32.2. The van der Waals surface area contributed by atoms with Crippen LogP contribution in [-0.4, -0.2) is 47.9 Å². The van der Waals surface area contributed by atoms with Crippen LogP contribution in [0.1, 0.15) is 25.0 Å². The molecule has 4 rings (SSSR count). The lowest BCUT2D eigenvalue weighted by molar-refractivity contribution is -0.168. The van der Waals surface area contributed by atoms with E-state index in [0.29, 0.717) is 0 Å². The lowest BCUT2D eigenvalue weighted by atomic mass is 9.92. The van der Waals surface area contributed by atoms with Crippen molar-refractivity contribution in [2.75, 3.05) is 6.54 Å². The normalized spacial score (nSPS) is 25.1. The molecule has 1 N–H and O–H groups in total. The van der Waals surface area contributed by atoms with Crippen LogP contribution in [0.2, 0.25) is 0 Å². The Kier molecular flexibility index (Phi) is 6.07. The summed E-state index contributed by atoms with van der Waals surface area (Å²) < 4.78 is 30.3. The molecule has 8 nitrogen and oxygen atoms in total. The molecule has 2 aliphatic heterocycles. The molecule has 32 heavy (non-hydrogen) atoms. The van der Waals surface area contributed by atoms with Gasteiger partial charge in [0.2, 0.25) is 5.91 Å². The molecule has 0 aliphatic carbocycles. The first-order chi connectivity index (χ1) is 15.2. The van der Waals surface area contributed by atoms with E-state index in [1.54, 1.807) is 12.1 Å². The van der Waals surface area contributed by atoms with E-state index in [1.807, 2.05) is 48.5 Å². The maximum absolute atomic E-state index is 13.2. The number of carbonyl (C=O) groups excluding carboxylic acids is 2. The molecule has 2 aromatic rings. The molecule has 1 amide bonds. The SMILES string of the molecule is CC1(C)[C@H](C(=O)OCc2ccccc2)N2C(=O)[C@@H](CNOCc3ccccc3)[C@H]2S1(=O)=O. The summed E-state index contributed by atoms with van der Waals surface area (Å²) >= 11 is 0. The fourth-order valence-corrected chi connectivity index (χ4v) is 6.56. The lowest BCUT2D eigenvalue weighted by Gasteiger charge is -2.42. The molecule has 0 radical (unpaired) electrons. The summed E-state index contributed by atoms with van der Waals surface area (Å²) in [5, 5.41) is -1.08. The number of carbonyl (C=O) groups is 2. The number of hydrogen-bond acceptors (Lipinski definition) is 7. The molecule has 2 fully saturated rings. The van der Waals surface area contributed by atoms with Crippen LogP contribution in [-0.2, 0) is 42.2 Å². The van der Waals surface area contributed by atoms with E-state index in [0.717, 1.165) is 16.0 Å². The van der Waals surface area contributed by atoms with E-state index < -0.39 is 43.8 Å². The van der Waals surface area contributed by atoms with E-state index in [4.69, 9.17) is 9.57 Å². The van der Waals surface area contributed by atoms with Crippen molar-refractivity contribution in [1.29, 1.82) is 0 Å². The molecule has 170 valence electrons. The number of nitrogens with zero attached hydrogens (tertiary/aromatic N) is 1. The monoisotopic (exact) mass is 458 g/mol.